The lowest BCUT2D eigenvalue weighted by molar-refractivity contribution is 0.572. The van der Waals surface area contributed by atoms with Crippen molar-refractivity contribution in [2.45, 2.75) is 20.0 Å². The standard InChI is InChI=1S/C23H23N5OS/c1-16-20(30-22(27-16)18-11-7-4-8-12-18)14-26-23(24-2)25-13-19-15-29-21(28-19)17-9-5-3-6-10-17/h3-12,15H,13-14H2,1-2H3,(H2,24,25,26). The van der Waals surface area contributed by atoms with Crippen LogP contribution in [0.15, 0.2) is 76.3 Å². The first-order valence-corrected chi connectivity index (χ1v) is 10.5. The Morgan fingerprint density at radius 3 is 2.30 bits per heavy atom. The van der Waals surface area contributed by atoms with Crippen LogP contribution in [0.25, 0.3) is 22.0 Å². The van der Waals surface area contributed by atoms with Crippen LogP contribution in [0.1, 0.15) is 16.3 Å². The number of benzene rings is 2. The predicted molar refractivity (Wildman–Crippen MR) is 121 cm³/mol. The number of guanidine groups is 1. The van der Waals surface area contributed by atoms with Crippen LogP contribution in [0.4, 0.5) is 0 Å². The minimum Gasteiger partial charge on any atom is -0.444 e. The van der Waals surface area contributed by atoms with Crippen LogP contribution in [-0.2, 0) is 13.1 Å². The number of hydrogen-bond donors (Lipinski definition) is 2. The van der Waals surface area contributed by atoms with Crippen molar-refractivity contribution in [3.05, 3.63) is 83.2 Å². The lowest BCUT2D eigenvalue weighted by Gasteiger charge is -2.10. The molecule has 2 N–H and O–H groups in total. The zero-order valence-electron chi connectivity index (χ0n) is 16.9. The van der Waals surface area contributed by atoms with Crippen molar-refractivity contribution in [2.24, 2.45) is 4.99 Å². The molecule has 0 saturated carbocycles. The summed E-state index contributed by atoms with van der Waals surface area (Å²) in [7, 11) is 1.75. The third-order valence-electron chi connectivity index (χ3n) is 4.56. The highest BCUT2D eigenvalue weighted by atomic mass is 32.1. The van der Waals surface area contributed by atoms with Gasteiger partial charge in [-0.25, -0.2) is 9.97 Å². The molecule has 0 atom stereocenters. The Morgan fingerprint density at radius 1 is 0.933 bits per heavy atom. The maximum atomic E-state index is 5.59. The zero-order chi connectivity index (χ0) is 20.8. The smallest absolute Gasteiger partial charge is 0.226 e. The Bertz CT molecular complexity index is 1120. The monoisotopic (exact) mass is 417 g/mol. The SMILES string of the molecule is CN=C(NCc1coc(-c2ccccc2)n1)NCc1sc(-c2ccccc2)nc1C. The fourth-order valence-corrected chi connectivity index (χ4v) is 3.96. The van der Waals surface area contributed by atoms with Crippen LogP contribution >= 0.6 is 11.3 Å². The normalized spacial score (nSPS) is 11.5. The molecule has 0 saturated heterocycles. The summed E-state index contributed by atoms with van der Waals surface area (Å²) in [6.07, 6.45) is 1.67. The van der Waals surface area contributed by atoms with Crippen LogP contribution in [0, 0.1) is 6.92 Å². The third-order valence-corrected chi connectivity index (χ3v) is 5.77. The number of nitrogens with one attached hydrogen (secondary N) is 2. The Kier molecular flexibility index (Phi) is 6.20. The molecule has 0 amide bonds. The van der Waals surface area contributed by atoms with E-state index in [1.165, 1.54) is 4.88 Å². The van der Waals surface area contributed by atoms with Gasteiger partial charge >= 0.3 is 0 Å². The number of aryl methyl sites for hydroxylation is 1. The third kappa shape index (κ3) is 4.75. The summed E-state index contributed by atoms with van der Waals surface area (Å²) in [6.45, 7) is 3.22. The van der Waals surface area contributed by atoms with E-state index in [-0.39, 0.29) is 0 Å². The molecule has 0 aliphatic carbocycles. The van der Waals surface area contributed by atoms with Gasteiger partial charge in [-0.3, -0.25) is 4.99 Å². The predicted octanol–water partition coefficient (Wildman–Crippen LogP) is 4.64. The van der Waals surface area contributed by atoms with Gasteiger partial charge in [0.1, 0.15) is 11.3 Å². The van der Waals surface area contributed by atoms with Gasteiger partial charge in [0, 0.05) is 23.1 Å². The maximum absolute atomic E-state index is 5.59. The highest BCUT2D eigenvalue weighted by molar-refractivity contribution is 7.15. The first-order chi connectivity index (χ1) is 14.7. The Labute approximate surface area is 179 Å². The topological polar surface area (TPSA) is 75.3 Å². The minimum absolute atomic E-state index is 0.521. The quantitative estimate of drug-likeness (QED) is 0.353. The van der Waals surface area contributed by atoms with Gasteiger partial charge in [0.2, 0.25) is 5.89 Å². The van der Waals surface area contributed by atoms with Crippen LogP contribution in [0.2, 0.25) is 0 Å². The summed E-state index contributed by atoms with van der Waals surface area (Å²) < 4.78 is 5.59. The molecule has 0 spiro atoms. The summed E-state index contributed by atoms with van der Waals surface area (Å²) >= 11 is 1.70. The lowest BCUT2D eigenvalue weighted by Crippen LogP contribution is -2.36. The highest BCUT2D eigenvalue weighted by Crippen LogP contribution is 2.27. The molecule has 6 nitrogen and oxygen atoms in total. The van der Waals surface area contributed by atoms with E-state index in [0.717, 1.165) is 27.5 Å². The summed E-state index contributed by atoms with van der Waals surface area (Å²) in [6, 6.07) is 20.1. The molecular weight excluding hydrogens is 394 g/mol. The lowest BCUT2D eigenvalue weighted by atomic mass is 10.2. The minimum atomic E-state index is 0.521. The maximum Gasteiger partial charge on any atom is 0.226 e. The second-order valence-electron chi connectivity index (χ2n) is 6.68. The molecule has 0 radical (unpaired) electrons. The van der Waals surface area contributed by atoms with Gasteiger partial charge in [0.15, 0.2) is 5.96 Å². The van der Waals surface area contributed by atoms with E-state index in [2.05, 4.69) is 32.7 Å². The summed E-state index contributed by atoms with van der Waals surface area (Å²) in [4.78, 5) is 14.7. The number of nitrogens with zero attached hydrogens (tertiary/aromatic N) is 3. The summed E-state index contributed by atoms with van der Waals surface area (Å²) in [5, 5.41) is 7.66. The van der Waals surface area contributed by atoms with Gasteiger partial charge in [-0.1, -0.05) is 48.5 Å². The number of aromatic nitrogens is 2. The van der Waals surface area contributed by atoms with Crippen molar-refractivity contribution in [3.63, 3.8) is 0 Å². The average Bonchev–Trinajstić information content (AvgIpc) is 3.42. The Morgan fingerprint density at radius 2 is 1.60 bits per heavy atom. The van der Waals surface area contributed by atoms with E-state index in [1.807, 2.05) is 55.5 Å². The zero-order valence-corrected chi connectivity index (χ0v) is 17.7. The first kappa shape index (κ1) is 19.8. The highest BCUT2D eigenvalue weighted by Gasteiger charge is 2.11. The number of hydrogen-bond acceptors (Lipinski definition) is 5. The van der Waals surface area contributed by atoms with Crippen molar-refractivity contribution >= 4 is 17.3 Å². The fourth-order valence-electron chi connectivity index (χ4n) is 2.96. The van der Waals surface area contributed by atoms with Crippen molar-refractivity contribution in [1.29, 1.82) is 0 Å². The van der Waals surface area contributed by atoms with Gasteiger partial charge in [-0.2, -0.15) is 0 Å². The van der Waals surface area contributed by atoms with Gasteiger partial charge < -0.3 is 15.1 Å². The van der Waals surface area contributed by atoms with Gasteiger partial charge in [0.05, 0.1) is 24.5 Å². The molecular formula is C23H23N5OS. The second-order valence-corrected chi connectivity index (χ2v) is 7.77. The van der Waals surface area contributed by atoms with E-state index < -0.39 is 0 Å². The Hall–Kier alpha value is -3.45. The van der Waals surface area contributed by atoms with Crippen molar-refractivity contribution in [1.82, 2.24) is 20.6 Å². The molecule has 0 unspecified atom stereocenters. The molecule has 0 fully saturated rings. The average molecular weight is 418 g/mol. The fraction of sp³-hybridized carbons (Fsp3) is 0.174. The van der Waals surface area contributed by atoms with E-state index in [4.69, 9.17) is 9.40 Å². The van der Waals surface area contributed by atoms with Crippen molar-refractivity contribution in [2.75, 3.05) is 7.05 Å². The molecule has 0 bridgehead atoms. The van der Waals surface area contributed by atoms with E-state index >= 15 is 0 Å². The number of rotatable bonds is 6. The van der Waals surface area contributed by atoms with Gasteiger partial charge in [-0.05, 0) is 19.1 Å². The van der Waals surface area contributed by atoms with Crippen molar-refractivity contribution < 1.29 is 4.42 Å². The molecule has 2 aromatic heterocycles. The van der Waals surface area contributed by atoms with Crippen LogP contribution in [0.3, 0.4) is 0 Å². The molecule has 0 aliphatic rings. The number of thiazole rings is 1. The summed E-state index contributed by atoms with van der Waals surface area (Å²) in [5.41, 5.74) is 3.95. The molecule has 2 aromatic carbocycles. The van der Waals surface area contributed by atoms with Gasteiger partial charge in [-0.15, -0.1) is 11.3 Å². The largest absolute Gasteiger partial charge is 0.444 e. The van der Waals surface area contributed by atoms with Crippen molar-refractivity contribution in [3.8, 4) is 22.0 Å². The van der Waals surface area contributed by atoms with E-state index in [9.17, 15) is 0 Å². The summed E-state index contributed by atoms with van der Waals surface area (Å²) in [5.74, 6) is 1.32. The second kappa shape index (κ2) is 9.37. The van der Waals surface area contributed by atoms with Crippen LogP contribution < -0.4 is 10.6 Å². The van der Waals surface area contributed by atoms with Crippen LogP contribution in [-0.4, -0.2) is 23.0 Å². The molecule has 30 heavy (non-hydrogen) atoms. The molecule has 152 valence electrons. The Balaban J connectivity index is 1.34. The van der Waals surface area contributed by atoms with E-state index in [1.54, 1.807) is 24.6 Å². The first-order valence-electron chi connectivity index (χ1n) is 9.69. The molecule has 7 heteroatoms. The van der Waals surface area contributed by atoms with E-state index in [0.29, 0.717) is 24.9 Å². The number of aliphatic imine (C=N–C) groups is 1. The molecule has 4 aromatic rings. The van der Waals surface area contributed by atoms with Gasteiger partial charge in [0.25, 0.3) is 0 Å². The molecule has 0 aliphatic heterocycles. The van der Waals surface area contributed by atoms with Crippen LogP contribution in [0.5, 0.6) is 0 Å². The molecule has 4 rings (SSSR count). The molecule has 2 heterocycles. The number of oxazole rings is 1.